The minimum Gasteiger partial charge on any atom is -0.486 e. The molecule has 0 fully saturated rings. The van der Waals surface area contributed by atoms with Crippen LogP contribution >= 0.6 is 11.3 Å². The molecule has 2 aromatic rings. The summed E-state index contributed by atoms with van der Waals surface area (Å²) in [5.41, 5.74) is 1.25. The van der Waals surface area contributed by atoms with Gasteiger partial charge in [-0.05, 0) is 40.9 Å². The zero-order chi connectivity index (χ0) is 16.1. The maximum Gasteiger partial charge on any atom is 0.317 e. The number of amides is 2. The Balaban J connectivity index is 1.43. The second-order valence-corrected chi connectivity index (χ2v) is 6.27. The molecule has 6 heteroatoms. The zero-order valence-electron chi connectivity index (χ0n) is 13.0. The van der Waals surface area contributed by atoms with Crippen molar-refractivity contribution >= 4 is 17.4 Å². The monoisotopic (exact) mass is 332 g/mol. The third kappa shape index (κ3) is 4.16. The van der Waals surface area contributed by atoms with Crippen molar-refractivity contribution in [1.82, 2.24) is 10.2 Å². The van der Waals surface area contributed by atoms with Crippen LogP contribution in [0.1, 0.15) is 5.56 Å². The molecule has 122 valence electrons. The number of rotatable bonds is 5. The number of ether oxygens (including phenoxy) is 2. The van der Waals surface area contributed by atoms with E-state index in [0.29, 0.717) is 19.7 Å². The summed E-state index contributed by atoms with van der Waals surface area (Å²) < 4.78 is 11.5. The summed E-state index contributed by atoms with van der Waals surface area (Å²) in [5.74, 6) is 1.49. The Morgan fingerprint density at radius 1 is 1.35 bits per heavy atom. The molecule has 0 aliphatic carbocycles. The number of carbonyl (C=O) groups excluding carboxylic acids is 1. The predicted octanol–water partition coefficient (Wildman–Crippen LogP) is 2.77. The van der Waals surface area contributed by atoms with E-state index in [4.69, 9.17) is 9.47 Å². The van der Waals surface area contributed by atoms with Gasteiger partial charge in [0.15, 0.2) is 17.6 Å². The lowest BCUT2D eigenvalue weighted by Crippen LogP contribution is -2.45. The van der Waals surface area contributed by atoms with E-state index < -0.39 is 0 Å². The molecule has 2 amide bonds. The zero-order valence-corrected chi connectivity index (χ0v) is 13.8. The highest BCUT2D eigenvalue weighted by atomic mass is 32.1. The van der Waals surface area contributed by atoms with Crippen molar-refractivity contribution in [2.45, 2.75) is 12.5 Å². The van der Waals surface area contributed by atoms with Gasteiger partial charge in [0, 0.05) is 13.6 Å². The number of nitrogens with one attached hydrogen (secondary N) is 1. The van der Waals surface area contributed by atoms with Crippen molar-refractivity contribution in [3.8, 4) is 11.5 Å². The van der Waals surface area contributed by atoms with Crippen molar-refractivity contribution in [1.29, 1.82) is 0 Å². The van der Waals surface area contributed by atoms with Crippen LogP contribution in [-0.4, -0.2) is 43.8 Å². The van der Waals surface area contributed by atoms with Gasteiger partial charge < -0.3 is 19.7 Å². The number of thiophene rings is 1. The summed E-state index contributed by atoms with van der Waals surface area (Å²) in [6, 6.07) is 9.56. The first-order valence-corrected chi connectivity index (χ1v) is 8.55. The van der Waals surface area contributed by atoms with Crippen LogP contribution in [0.15, 0.2) is 41.1 Å². The summed E-state index contributed by atoms with van der Waals surface area (Å²) >= 11 is 1.67. The van der Waals surface area contributed by atoms with Gasteiger partial charge in [-0.3, -0.25) is 0 Å². The number of para-hydroxylation sites is 2. The minimum atomic E-state index is -0.155. The largest absolute Gasteiger partial charge is 0.486 e. The SMILES string of the molecule is CN(C[C@H]1COc2ccccc2O1)C(=O)NCCc1ccsc1. The molecule has 1 N–H and O–H groups in total. The smallest absolute Gasteiger partial charge is 0.317 e. The van der Waals surface area contributed by atoms with E-state index >= 15 is 0 Å². The van der Waals surface area contributed by atoms with Gasteiger partial charge in [-0.1, -0.05) is 12.1 Å². The fourth-order valence-electron chi connectivity index (χ4n) is 2.43. The molecule has 1 atom stereocenters. The van der Waals surface area contributed by atoms with Gasteiger partial charge in [-0.15, -0.1) is 0 Å². The summed E-state index contributed by atoms with van der Waals surface area (Å²) in [6.07, 6.45) is 0.692. The number of urea groups is 1. The summed E-state index contributed by atoms with van der Waals surface area (Å²) in [4.78, 5) is 13.7. The van der Waals surface area contributed by atoms with Gasteiger partial charge >= 0.3 is 6.03 Å². The third-order valence-electron chi connectivity index (χ3n) is 3.66. The van der Waals surface area contributed by atoms with Crippen LogP contribution in [0, 0.1) is 0 Å². The molecule has 23 heavy (non-hydrogen) atoms. The van der Waals surface area contributed by atoms with Gasteiger partial charge in [0.25, 0.3) is 0 Å². The number of benzene rings is 1. The lowest BCUT2D eigenvalue weighted by Gasteiger charge is -2.29. The van der Waals surface area contributed by atoms with Gasteiger partial charge in [-0.2, -0.15) is 11.3 Å². The molecule has 1 aromatic heterocycles. The first kappa shape index (κ1) is 15.7. The average molecular weight is 332 g/mol. The number of fused-ring (bicyclic) bond motifs is 1. The van der Waals surface area contributed by atoms with Crippen molar-refractivity contribution in [2.75, 3.05) is 26.7 Å². The lowest BCUT2D eigenvalue weighted by atomic mass is 10.2. The van der Waals surface area contributed by atoms with Crippen LogP contribution in [0.25, 0.3) is 0 Å². The minimum absolute atomic E-state index is 0.0947. The maximum absolute atomic E-state index is 12.1. The number of carbonyl (C=O) groups is 1. The molecule has 1 aromatic carbocycles. The number of likely N-dealkylation sites (N-methyl/N-ethyl adjacent to an activating group) is 1. The number of nitrogens with zero attached hydrogens (tertiary/aromatic N) is 1. The van der Waals surface area contributed by atoms with E-state index in [1.54, 1.807) is 23.3 Å². The molecule has 0 saturated carbocycles. The van der Waals surface area contributed by atoms with Crippen molar-refractivity contribution in [3.63, 3.8) is 0 Å². The highest BCUT2D eigenvalue weighted by molar-refractivity contribution is 7.07. The Labute approximate surface area is 139 Å². The Bertz CT molecular complexity index is 645. The van der Waals surface area contributed by atoms with E-state index in [0.717, 1.165) is 17.9 Å². The number of hydrogen-bond donors (Lipinski definition) is 1. The van der Waals surface area contributed by atoms with Gasteiger partial charge in [0.2, 0.25) is 0 Å². The summed E-state index contributed by atoms with van der Waals surface area (Å²) in [7, 11) is 1.77. The third-order valence-corrected chi connectivity index (χ3v) is 4.39. The van der Waals surface area contributed by atoms with Crippen LogP contribution in [0.2, 0.25) is 0 Å². The second kappa shape index (κ2) is 7.37. The normalized spacial score (nSPS) is 16.0. The molecule has 2 heterocycles. The Kier molecular flexibility index (Phi) is 5.02. The van der Waals surface area contributed by atoms with Crippen LogP contribution in [0.3, 0.4) is 0 Å². The molecule has 5 nitrogen and oxygen atoms in total. The topological polar surface area (TPSA) is 50.8 Å². The molecular formula is C17H20N2O3S. The molecule has 1 aliphatic heterocycles. The fourth-order valence-corrected chi connectivity index (χ4v) is 3.13. The van der Waals surface area contributed by atoms with Crippen LogP contribution < -0.4 is 14.8 Å². The summed E-state index contributed by atoms with van der Waals surface area (Å²) in [5, 5.41) is 7.07. The van der Waals surface area contributed by atoms with E-state index in [1.165, 1.54) is 5.56 Å². The lowest BCUT2D eigenvalue weighted by molar-refractivity contribution is 0.0716. The molecule has 0 bridgehead atoms. The Morgan fingerprint density at radius 3 is 2.96 bits per heavy atom. The highest BCUT2D eigenvalue weighted by Crippen LogP contribution is 2.30. The first-order chi connectivity index (χ1) is 11.2. The highest BCUT2D eigenvalue weighted by Gasteiger charge is 2.23. The molecule has 0 radical (unpaired) electrons. The molecule has 3 rings (SSSR count). The molecule has 0 saturated heterocycles. The second-order valence-electron chi connectivity index (χ2n) is 5.49. The molecule has 0 unspecified atom stereocenters. The van der Waals surface area contributed by atoms with Gasteiger partial charge in [0.05, 0.1) is 6.54 Å². The van der Waals surface area contributed by atoms with Crippen molar-refractivity contribution in [2.24, 2.45) is 0 Å². The van der Waals surface area contributed by atoms with E-state index in [9.17, 15) is 4.79 Å². The summed E-state index contributed by atoms with van der Waals surface area (Å²) in [6.45, 7) is 1.56. The van der Waals surface area contributed by atoms with E-state index in [2.05, 4.69) is 16.8 Å². The van der Waals surface area contributed by atoms with Crippen LogP contribution in [0.5, 0.6) is 11.5 Å². The quantitative estimate of drug-likeness (QED) is 0.916. The number of hydrogen-bond acceptors (Lipinski definition) is 4. The standard InChI is InChI=1S/C17H20N2O3S/c1-19(17(20)18-8-6-13-7-9-23-12-13)10-14-11-21-15-4-2-3-5-16(15)22-14/h2-5,7,9,12,14H,6,8,10-11H2,1H3,(H,18,20)/t14-/m0/s1. The average Bonchev–Trinajstić information content (AvgIpc) is 3.08. The van der Waals surface area contributed by atoms with E-state index in [1.807, 2.05) is 29.6 Å². The molecule has 1 aliphatic rings. The fraction of sp³-hybridized carbons (Fsp3) is 0.353. The van der Waals surface area contributed by atoms with Gasteiger partial charge in [0.1, 0.15) is 6.61 Å². The Morgan fingerprint density at radius 2 is 2.17 bits per heavy atom. The Hall–Kier alpha value is -2.21. The molecule has 0 spiro atoms. The first-order valence-electron chi connectivity index (χ1n) is 7.61. The van der Waals surface area contributed by atoms with Crippen molar-refractivity contribution < 1.29 is 14.3 Å². The van der Waals surface area contributed by atoms with Crippen molar-refractivity contribution in [3.05, 3.63) is 46.7 Å². The molecular weight excluding hydrogens is 312 g/mol. The predicted molar refractivity (Wildman–Crippen MR) is 90.4 cm³/mol. The van der Waals surface area contributed by atoms with Gasteiger partial charge in [-0.25, -0.2) is 4.79 Å². The maximum atomic E-state index is 12.1. The van der Waals surface area contributed by atoms with Crippen LogP contribution in [0.4, 0.5) is 4.79 Å². The van der Waals surface area contributed by atoms with E-state index in [-0.39, 0.29) is 12.1 Å². The van der Waals surface area contributed by atoms with Crippen LogP contribution in [-0.2, 0) is 6.42 Å².